The number of rotatable bonds is 17. The van der Waals surface area contributed by atoms with Gasteiger partial charge in [-0.1, -0.05) is 46.3 Å². The predicted molar refractivity (Wildman–Crippen MR) is 276 cm³/mol. The summed E-state index contributed by atoms with van der Waals surface area (Å²) in [5.41, 5.74) is -1.67. The van der Waals surface area contributed by atoms with Crippen molar-refractivity contribution in [2.24, 2.45) is 45.3 Å². The smallest absolute Gasteiger partial charge is 0.302 e. The summed E-state index contributed by atoms with van der Waals surface area (Å²) in [7, 11) is 0. The lowest BCUT2D eigenvalue weighted by Crippen LogP contribution is -2.68. The van der Waals surface area contributed by atoms with E-state index >= 15 is 0 Å². The van der Waals surface area contributed by atoms with Gasteiger partial charge in [-0.05, 0) is 124 Å². The molecular weight excluding hydrogens is 1060 g/mol. The fourth-order valence-corrected chi connectivity index (χ4v) is 16.4. The first-order valence-corrected chi connectivity index (χ1v) is 28.8. The maximum Gasteiger partial charge on any atom is 0.302 e. The third-order valence-electron chi connectivity index (χ3n) is 21.2. The highest BCUT2D eigenvalue weighted by atomic mass is 16.8. The number of carbonyl (C=O) groups is 1. The minimum absolute atomic E-state index is 0.0210. The van der Waals surface area contributed by atoms with Gasteiger partial charge in [0.15, 0.2) is 25.2 Å². The molecule has 0 aromatic heterocycles. The van der Waals surface area contributed by atoms with E-state index in [1.165, 1.54) is 0 Å². The van der Waals surface area contributed by atoms with Crippen molar-refractivity contribution in [3.8, 4) is 0 Å². The Morgan fingerprint density at radius 2 is 1.10 bits per heavy atom. The average Bonchev–Trinajstić information content (AvgIpc) is 2.95. The first kappa shape index (κ1) is 64.3. The molecule has 4 aliphatic carbocycles. The number of hydrogen-bond acceptors (Lipinski definition) is 24. The maximum absolute atomic E-state index is 12.9. The Labute approximate surface area is 467 Å². The lowest BCUT2D eigenvalue weighted by atomic mass is 9.35. The molecule has 4 saturated carbocycles. The zero-order chi connectivity index (χ0) is 58.9. The van der Waals surface area contributed by atoms with E-state index < -0.39 is 184 Å². The van der Waals surface area contributed by atoms with Crippen LogP contribution in [0.4, 0.5) is 0 Å². The number of allylic oxidation sites excluding steroid dienone is 2. The monoisotopic (exact) mass is 1150 g/mol. The molecule has 4 aliphatic heterocycles. The molecule has 0 amide bonds. The Balaban J connectivity index is 1.00. The van der Waals surface area contributed by atoms with Crippen molar-refractivity contribution >= 4 is 5.97 Å². The molecule has 0 unspecified atom stereocenters. The summed E-state index contributed by atoms with van der Waals surface area (Å²) in [6.07, 6.45) is -25.6. The maximum atomic E-state index is 12.9. The van der Waals surface area contributed by atoms with Gasteiger partial charge in [-0.2, -0.15) is 0 Å². The summed E-state index contributed by atoms with van der Waals surface area (Å²) in [4.78, 5) is 11.6. The molecule has 24 nitrogen and oxygen atoms in total. The van der Waals surface area contributed by atoms with Crippen LogP contribution in [0.15, 0.2) is 11.6 Å². The van der Waals surface area contributed by atoms with Gasteiger partial charge in [0.25, 0.3) is 0 Å². The summed E-state index contributed by atoms with van der Waals surface area (Å²) in [5.74, 6) is -1.21. The number of hydrogen-bond donors (Lipinski definition) is 14. The fourth-order valence-electron chi connectivity index (χ4n) is 16.4. The first-order chi connectivity index (χ1) is 37.4. The highest BCUT2D eigenvalue weighted by Crippen LogP contribution is 2.76. The van der Waals surface area contributed by atoms with Crippen molar-refractivity contribution in [2.75, 3.05) is 26.4 Å². The zero-order valence-electron chi connectivity index (χ0n) is 47.6. The Hall–Kier alpha value is -1.67. The topological polar surface area (TPSA) is 383 Å². The molecule has 0 radical (unpaired) electrons. The largest absolute Gasteiger partial charge is 0.463 e. The van der Waals surface area contributed by atoms with E-state index in [2.05, 4.69) is 40.7 Å². The molecule has 0 aromatic rings. The molecule has 8 rings (SSSR count). The Morgan fingerprint density at radius 3 is 1.70 bits per heavy atom. The SMILES string of the molecule is CC(=O)OC[C@H]1O[C@@H](O[C@H]2[C@H](O[C@H]3CC[C@@]4(C)[C@H](CC[C@]5(C)[C@@H]4C[C@@H](O)[C@@H]4[C@@H]([C@](C)(CCC=C(C)C)O[C@@H]6O[C@H](CO[C@@H]7O[C@H](CO)[C@@H](O)[C@H](O)[C@H]7O)[C@@H](O)[C@H](O)[C@H]6O)CC[C@]45C)C3(C)C)O[C@H](CO)[C@@H](O)[C@@H]2O)[C@H](O)[C@@H](O)[C@@H]1O. The fraction of sp³-hybridized carbons (Fsp3) is 0.946. The van der Waals surface area contributed by atoms with Crippen molar-refractivity contribution in [3.05, 3.63) is 11.6 Å². The molecule has 14 N–H and O–H groups in total. The second-order valence-corrected chi connectivity index (χ2v) is 26.4. The van der Waals surface area contributed by atoms with Gasteiger partial charge in [0.05, 0.1) is 37.6 Å². The van der Waals surface area contributed by atoms with E-state index in [-0.39, 0.29) is 34.5 Å². The summed E-state index contributed by atoms with van der Waals surface area (Å²) in [6.45, 7) is 15.9. The van der Waals surface area contributed by atoms with Crippen molar-refractivity contribution < 1.29 is 119 Å². The number of esters is 1. The molecule has 30 atom stereocenters. The molecule has 0 spiro atoms. The third-order valence-corrected chi connectivity index (χ3v) is 21.2. The molecule has 4 saturated heterocycles. The molecule has 462 valence electrons. The van der Waals surface area contributed by atoms with Crippen molar-refractivity contribution in [1.82, 2.24) is 0 Å². The quantitative estimate of drug-likeness (QED) is 0.0442. The van der Waals surface area contributed by atoms with Gasteiger partial charge in [-0.3, -0.25) is 4.79 Å². The Morgan fingerprint density at radius 1 is 0.575 bits per heavy atom. The van der Waals surface area contributed by atoms with E-state index in [0.717, 1.165) is 31.8 Å². The van der Waals surface area contributed by atoms with Crippen molar-refractivity contribution in [1.29, 1.82) is 0 Å². The predicted octanol–water partition coefficient (Wildman–Crippen LogP) is -1.63. The van der Waals surface area contributed by atoms with Gasteiger partial charge in [-0.25, -0.2) is 0 Å². The normalized spacial score (nSPS) is 51.0. The summed E-state index contributed by atoms with van der Waals surface area (Å²) >= 11 is 0. The number of aliphatic hydroxyl groups is 14. The van der Waals surface area contributed by atoms with Crippen molar-refractivity contribution in [3.63, 3.8) is 0 Å². The number of aliphatic hydroxyl groups excluding tert-OH is 14. The highest BCUT2D eigenvalue weighted by Gasteiger charge is 2.72. The lowest BCUT2D eigenvalue weighted by molar-refractivity contribution is -0.378. The van der Waals surface area contributed by atoms with Gasteiger partial charge >= 0.3 is 5.97 Å². The third kappa shape index (κ3) is 11.6. The Bertz CT molecular complexity index is 2120. The van der Waals surface area contributed by atoms with Gasteiger partial charge in [0, 0.05) is 6.92 Å². The molecular formula is C56H94O24. The van der Waals surface area contributed by atoms with Gasteiger partial charge < -0.3 is 114 Å². The van der Waals surface area contributed by atoms with E-state index in [4.69, 9.17) is 42.6 Å². The Kier molecular flexibility index (Phi) is 19.8. The van der Waals surface area contributed by atoms with Crippen LogP contribution < -0.4 is 0 Å². The molecule has 8 fully saturated rings. The highest BCUT2D eigenvalue weighted by molar-refractivity contribution is 5.65. The van der Waals surface area contributed by atoms with Gasteiger partial charge in [0.1, 0.15) is 104 Å². The number of ether oxygens (including phenoxy) is 9. The van der Waals surface area contributed by atoms with Gasteiger partial charge in [0.2, 0.25) is 0 Å². The van der Waals surface area contributed by atoms with Crippen LogP contribution in [-0.2, 0) is 47.4 Å². The number of carbonyl (C=O) groups excluding carboxylic acids is 1. The number of fused-ring (bicyclic) bond motifs is 5. The lowest BCUT2D eigenvalue weighted by Gasteiger charge is -2.71. The molecule has 0 bridgehead atoms. The van der Waals surface area contributed by atoms with Crippen LogP contribution in [0.1, 0.15) is 120 Å². The van der Waals surface area contributed by atoms with Gasteiger partial charge in [-0.15, -0.1) is 0 Å². The van der Waals surface area contributed by atoms with Crippen molar-refractivity contribution in [2.45, 2.75) is 261 Å². The summed E-state index contributed by atoms with van der Waals surface area (Å²) in [5, 5.41) is 153. The van der Waals surface area contributed by atoms with Crippen LogP contribution in [0.25, 0.3) is 0 Å². The molecule has 80 heavy (non-hydrogen) atoms. The van der Waals surface area contributed by atoms with Crippen LogP contribution in [0.3, 0.4) is 0 Å². The van der Waals surface area contributed by atoms with E-state index in [9.17, 15) is 76.3 Å². The molecule has 4 heterocycles. The molecule has 8 aliphatic rings. The van der Waals surface area contributed by atoms with Crippen LogP contribution in [0, 0.1) is 45.3 Å². The average molecular weight is 1150 g/mol. The molecule has 0 aromatic carbocycles. The standard InChI is InChI=1S/C56H94O24/c1-24(2)11-10-15-56(9,80-50-46(71)42(67)39(64)31(77-50)23-73-48-44(69)40(65)36(61)28(20-57)74-48)26-12-17-55(8)35(26)27(60)19-33-53(6)16-14-34(52(4,5)32(53)13-18-54(33,55)7)78-51-47(43(68)37(62)29(21-58)75-51)79-49-45(70)41(66)38(63)30(76-49)22-72-25(3)59/h11,26-51,57-58,60-71H,10,12-23H2,1-9H3/t26-,27+,28+,29+,30+,31+,32+,33+,34-,35-,36+,37+,38+,39+,40-,41-,42-,43-,44+,45+,46+,47+,48+,49-,50-,51-,53-,54+,55+,56-/m0/s1. The van der Waals surface area contributed by atoms with Crippen LogP contribution >= 0.6 is 0 Å². The summed E-state index contributed by atoms with van der Waals surface area (Å²) < 4.78 is 54.2. The van der Waals surface area contributed by atoms with Crippen LogP contribution in [0.2, 0.25) is 0 Å². The second-order valence-electron chi connectivity index (χ2n) is 26.4. The van der Waals surface area contributed by atoms with Crippen LogP contribution in [-0.4, -0.2) is 245 Å². The molecule has 24 heteroatoms. The zero-order valence-corrected chi connectivity index (χ0v) is 47.6. The van der Waals surface area contributed by atoms with E-state index in [1.807, 2.05) is 20.8 Å². The second kappa shape index (κ2) is 24.6. The summed E-state index contributed by atoms with van der Waals surface area (Å²) in [6, 6.07) is 0. The minimum atomic E-state index is -1.85. The van der Waals surface area contributed by atoms with Crippen LogP contribution in [0.5, 0.6) is 0 Å². The van der Waals surface area contributed by atoms with E-state index in [0.29, 0.717) is 38.5 Å². The van der Waals surface area contributed by atoms with E-state index in [1.54, 1.807) is 0 Å². The first-order valence-electron chi connectivity index (χ1n) is 28.8. The minimum Gasteiger partial charge on any atom is -0.463 e.